The van der Waals surface area contributed by atoms with Crippen molar-refractivity contribution in [2.75, 3.05) is 19.6 Å². The molecule has 1 N–H and O–H groups in total. The number of nitrogens with zero attached hydrogens (tertiary/aromatic N) is 3. The molecule has 3 fully saturated rings. The lowest BCUT2D eigenvalue weighted by molar-refractivity contribution is -0.0512. The van der Waals surface area contributed by atoms with E-state index in [1.165, 1.54) is 43.6 Å². The maximum atomic E-state index is 12.9. The van der Waals surface area contributed by atoms with E-state index < -0.39 is 5.56 Å². The Balaban J connectivity index is 1.37. The third kappa shape index (κ3) is 3.05. The van der Waals surface area contributed by atoms with Gasteiger partial charge in [-0.05, 0) is 43.1 Å². The first-order valence-corrected chi connectivity index (χ1v) is 10.3. The highest BCUT2D eigenvalue weighted by molar-refractivity contribution is 5.92. The first-order valence-electron chi connectivity index (χ1n) is 10.3. The second kappa shape index (κ2) is 7.17. The molecule has 2 aromatic rings. The van der Waals surface area contributed by atoms with Gasteiger partial charge in [0.15, 0.2) is 5.69 Å². The summed E-state index contributed by atoms with van der Waals surface area (Å²) >= 11 is 0. The lowest BCUT2D eigenvalue weighted by Crippen LogP contribution is -2.60. The van der Waals surface area contributed by atoms with E-state index in [9.17, 15) is 9.59 Å². The van der Waals surface area contributed by atoms with Gasteiger partial charge in [-0.2, -0.15) is 0 Å². The summed E-state index contributed by atoms with van der Waals surface area (Å²) in [6, 6.07) is 11.9. The molecule has 0 saturated carbocycles. The van der Waals surface area contributed by atoms with Gasteiger partial charge < -0.3 is 9.88 Å². The SMILES string of the molecule is O=C(c1ncc[nH]c1=O)N1C[C@@H]2C[C@H](C1)[C@@H]1CCC[C@H](c3ccccc3)N1C2. The lowest BCUT2D eigenvalue weighted by Gasteiger charge is -2.55. The molecular formula is C22H26N4O2. The van der Waals surface area contributed by atoms with Gasteiger partial charge in [-0.15, -0.1) is 0 Å². The van der Waals surface area contributed by atoms with Crippen LogP contribution in [0.1, 0.15) is 47.8 Å². The summed E-state index contributed by atoms with van der Waals surface area (Å²) < 4.78 is 0. The van der Waals surface area contributed by atoms with Crippen molar-refractivity contribution >= 4 is 5.91 Å². The molecule has 1 aromatic heterocycles. The van der Waals surface area contributed by atoms with E-state index >= 15 is 0 Å². The molecule has 4 atom stereocenters. The number of hydrogen-bond acceptors (Lipinski definition) is 4. The molecule has 0 spiro atoms. The average Bonchev–Trinajstić information content (AvgIpc) is 2.74. The summed E-state index contributed by atoms with van der Waals surface area (Å²) in [6.45, 7) is 2.48. The molecule has 1 amide bonds. The maximum absolute atomic E-state index is 12.9. The van der Waals surface area contributed by atoms with Crippen LogP contribution in [-0.4, -0.2) is 51.4 Å². The number of fused-ring (bicyclic) bond motifs is 4. The zero-order valence-electron chi connectivity index (χ0n) is 16.0. The number of piperidine rings is 3. The number of hydrogen-bond donors (Lipinski definition) is 1. The van der Waals surface area contributed by atoms with E-state index in [-0.39, 0.29) is 11.6 Å². The molecule has 5 rings (SSSR count). The number of benzene rings is 1. The molecule has 3 aliphatic heterocycles. The Bertz CT molecular complexity index is 912. The zero-order chi connectivity index (χ0) is 19.1. The number of nitrogens with one attached hydrogen (secondary N) is 1. The molecule has 2 bridgehead atoms. The van der Waals surface area contributed by atoms with Crippen molar-refractivity contribution in [1.82, 2.24) is 19.8 Å². The number of amides is 1. The highest BCUT2D eigenvalue weighted by Gasteiger charge is 2.46. The Labute approximate surface area is 164 Å². The highest BCUT2D eigenvalue weighted by atomic mass is 16.2. The molecule has 3 saturated heterocycles. The van der Waals surface area contributed by atoms with Crippen LogP contribution in [-0.2, 0) is 0 Å². The fraction of sp³-hybridized carbons (Fsp3) is 0.500. The molecule has 1 aromatic carbocycles. The normalized spacial score (nSPS) is 29.9. The number of carbonyl (C=O) groups excluding carboxylic acids is 1. The number of likely N-dealkylation sites (tertiary alicyclic amines) is 1. The van der Waals surface area contributed by atoms with Crippen LogP contribution in [0.3, 0.4) is 0 Å². The standard InChI is InChI=1S/C22H26N4O2/c27-21-20(23-9-10-24-21)22(28)25-12-15-11-17(14-25)19-8-4-7-18(26(19)13-15)16-5-2-1-3-6-16/h1-3,5-6,9-10,15,17-19H,4,7-8,11-14H2,(H,24,27)/t15-,17+,18+,19-/m0/s1. The molecule has 0 radical (unpaired) electrons. The Kier molecular flexibility index (Phi) is 4.51. The first-order chi connectivity index (χ1) is 13.7. The van der Waals surface area contributed by atoms with Gasteiger partial charge in [0.25, 0.3) is 11.5 Å². The van der Waals surface area contributed by atoms with E-state index in [1.54, 1.807) is 0 Å². The number of aromatic amines is 1. The third-order valence-electron chi connectivity index (χ3n) is 6.77. The Hall–Kier alpha value is -2.47. The summed E-state index contributed by atoms with van der Waals surface area (Å²) in [5.41, 5.74) is 1.04. The predicted octanol–water partition coefficient (Wildman–Crippen LogP) is 2.46. The maximum Gasteiger partial charge on any atom is 0.279 e. The van der Waals surface area contributed by atoms with Crippen molar-refractivity contribution in [3.8, 4) is 0 Å². The smallest absolute Gasteiger partial charge is 0.279 e. The molecule has 4 heterocycles. The largest absolute Gasteiger partial charge is 0.336 e. The molecular weight excluding hydrogens is 352 g/mol. The van der Waals surface area contributed by atoms with E-state index in [0.717, 1.165) is 19.6 Å². The second-order valence-electron chi connectivity index (χ2n) is 8.46. The zero-order valence-corrected chi connectivity index (χ0v) is 16.0. The summed E-state index contributed by atoms with van der Waals surface area (Å²) in [7, 11) is 0. The fourth-order valence-corrected chi connectivity index (χ4v) is 5.66. The number of aromatic nitrogens is 2. The molecule has 6 nitrogen and oxygen atoms in total. The molecule has 0 aliphatic carbocycles. The van der Waals surface area contributed by atoms with Crippen molar-refractivity contribution in [2.24, 2.45) is 11.8 Å². The first kappa shape index (κ1) is 17.6. The van der Waals surface area contributed by atoms with Crippen LogP contribution in [0, 0.1) is 11.8 Å². The van der Waals surface area contributed by atoms with Crippen LogP contribution in [0.5, 0.6) is 0 Å². The second-order valence-corrected chi connectivity index (χ2v) is 8.46. The Morgan fingerprint density at radius 2 is 1.96 bits per heavy atom. The minimum absolute atomic E-state index is 0.0186. The summed E-state index contributed by atoms with van der Waals surface area (Å²) in [5, 5.41) is 0. The molecule has 3 aliphatic rings. The van der Waals surface area contributed by atoms with Crippen molar-refractivity contribution < 1.29 is 4.79 Å². The third-order valence-corrected chi connectivity index (χ3v) is 6.77. The quantitative estimate of drug-likeness (QED) is 0.872. The Morgan fingerprint density at radius 3 is 2.79 bits per heavy atom. The fourth-order valence-electron chi connectivity index (χ4n) is 5.66. The van der Waals surface area contributed by atoms with Crippen molar-refractivity contribution in [1.29, 1.82) is 0 Å². The number of H-pyrrole nitrogens is 1. The van der Waals surface area contributed by atoms with Crippen molar-refractivity contribution in [3.63, 3.8) is 0 Å². The van der Waals surface area contributed by atoms with Crippen LogP contribution in [0.25, 0.3) is 0 Å². The van der Waals surface area contributed by atoms with E-state index in [4.69, 9.17) is 0 Å². The monoisotopic (exact) mass is 378 g/mol. The van der Waals surface area contributed by atoms with Crippen LogP contribution in [0.4, 0.5) is 0 Å². The average molecular weight is 378 g/mol. The molecule has 6 heteroatoms. The van der Waals surface area contributed by atoms with Crippen molar-refractivity contribution in [2.45, 2.75) is 37.8 Å². The van der Waals surface area contributed by atoms with Crippen LogP contribution in [0.2, 0.25) is 0 Å². The predicted molar refractivity (Wildman–Crippen MR) is 106 cm³/mol. The van der Waals surface area contributed by atoms with Gasteiger partial charge in [0.05, 0.1) is 0 Å². The number of rotatable bonds is 2. The topological polar surface area (TPSA) is 69.3 Å². The van der Waals surface area contributed by atoms with E-state index in [0.29, 0.717) is 23.9 Å². The summed E-state index contributed by atoms with van der Waals surface area (Å²) in [4.78, 5) is 36.1. The van der Waals surface area contributed by atoms with Gasteiger partial charge in [-0.25, -0.2) is 4.98 Å². The molecule has 28 heavy (non-hydrogen) atoms. The van der Waals surface area contributed by atoms with Gasteiger partial charge in [-0.3, -0.25) is 14.5 Å². The lowest BCUT2D eigenvalue weighted by atomic mass is 9.74. The van der Waals surface area contributed by atoms with Crippen LogP contribution >= 0.6 is 0 Å². The minimum Gasteiger partial charge on any atom is -0.336 e. The summed E-state index contributed by atoms with van der Waals surface area (Å²) in [5.74, 6) is 0.720. The van der Waals surface area contributed by atoms with Gasteiger partial charge in [0.2, 0.25) is 0 Å². The van der Waals surface area contributed by atoms with Gasteiger partial charge >= 0.3 is 0 Å². The van der Waals surface area contributed by atoms with E-state index in [1.807, 2.05) is 4.90 Å². The minimum atomic E-state index is -0.397. The van der Waals surface area contributed by atoms with Gasteiger partial charge in [0.1, 0.15) is 0 Å². The van der Waals surface area contributed by atoms with Crippen LogP contribution < -0.4 is 5.56 Å². The number of carbonyl (C=O) groups is 1. The van der Waals surface area contributed by atoms with Crippen LogP contribution in [0.15, 0.2) is 47.5 Å². The van der Waals surface area contributed by atoms with Gasteiger partial charge in [-0.1, -0.05) is 30.3 Å². The summed E-state index contributed by atoms with van der Waals surface area (Å²) in [6.07, 6.45) is 7.78. The van der Waals surface area contributed by atoms with E-state index in [2.05, 4.69) is 45.2 Å². The van der Waals surface area contributed by atoms with Gasteiger partial charge in [0, 0.05) is 44.1 Å². The van der Waals surface area contributed by atoms with Crippen molar-refractivity contribution in [3.05, 3.63) is 64.3 Å². The Morgan fingerprint density at radius 1 is 1.11 bits per heavy atom. The highest BCUT2D eigenvalue weighted by Crippen LogP contribution is 2.44. The molecule has 146 valence electrons. The molecule has 0 unspecified atom stereocenters.